The lowest BCUT2D eigenvalue weighted by molar-refractivity contribution is -0.132. The van der Waals surface area contributed by atoms with Crippen LogP contribution in [-0.2, 0) is 11.2 Å². The predicted octanol–water partition coefficient (Wildman–Crippen LogP) is 1.11. The lowest BCUT2D eigenvalue weighted by atomic mass is 10.2. The Morgan fingerprint density at radius 1 is 1.35 bits per heavy atom. The molecule has 0 aliphatic carbocycles. The molecule has 0 aromatic carbocycles. The van der Waals surface area contributed by atoms with Crippen LogP contribution in [0.5, 0.6) is 0 Å². The minimum atomic E-state index is 0.287. The van der Waals surface area contributed by atoms with Gasteiger partial charge in [-0.05, 0) is 25.1 Å². The second-order valence-electron chi connectivity index (χ2n) is 4.51. The Bertz CT molecular complexity index is 340. The zero-order valence-electron chi connectivity index (χ0n) is 10.5. The van der Waals surface area contributed by atoms with Gasteiger partial charge in [0.1, 0.15) is 0 Å². The standard InChI is InChI=1S/C13H21N3O/c1-2-15-8-10-16(11-9-15)13(17)6-5-12-4-3-7-14-12/h3-4,7,14H,2,5-6,8-11H2,1H3. The van der Waals surface area contributed by atoms with E-state index in [-0.39, 0.29) is 5.91 Å². The van der Waals surface area contributed by atoms with Gasteiger partial charge in [0.25, 0.3) is 0 Å². The molecule has 1 aromatic heterocycles. The number of rotatable bonds is 4. The van der Waals surface area contributed by atoms with E-state index in [9.17, 15) is 4.79 Å². The third-order valence-corrected chi connectivity index (χ3v) is 3.44. The lowest BCUT2D eigenvalue weighted by Gasteiger charge is -2.34. The maximum absolute atomic E-state index is 12.0. The molecule has 2 heterocycles. The zero-order valence-corrected chi connectivity index (χ0v) is 10.5. The number of carbonyl (C=O) groups is 1. The van der Waals surface area contributed by atoms with Crippen molar-refractivity contribution >= 4 is 5.91 Å². The normalized spacial score (nSPS) is 17.4. The summed E-state index contributed by atoms with van der Waals surface area (Å²) >= 11 is 0. The van der Waals surface area contributed by atoms with Crippen LogP contribution in [0.4, 0.5) is 0 Å². The Labute approximate surface area is 103 Å². The highest BCUT2D eigenvalue weighted by molar-refractivity contribution is 5.76. The average molecular weight is 235 g/mol. The van der Waals surface area contributed by atoms with Crippen LogP contribution in [0.15, 0.2) is 18.3 Å². The highest BCUT2D eigenvalue weighted by Gasteiger charge is 2.19. The minimum absolute atomic E-state index is 0.287. The number of aromatic nitrogens is 1. The number of amides is 1. The molecule has 1 aliphatic heterocycles. The molecule has 1 aromatic rings. The third-order valence-electron chi connectivity index (χ3n) is 3.44. The van der Waals surface area contributed by atoms with E-state index < -0.39 is 0 Å². The van der Waals surface area contributed by atoms with Gasteiger partial charge in [0.15, 0.2) is 0 Å². The van der Waals surface area contributed by atoms with E-state index in [1.54, 1.807) is 0 Å². The summed E-state index contributed by atoms with van der Waals surface area (Å²) in [5.41, 5.74) is 1.14. The van der Waals surface area contributed by atoms with Gasteiger partial charge in [-0.25, -0.2) is 0 Å². The smallest absolute Gasteiger partial charge is 0.223 e. The summed E-state index contributed by atoms with van der Waals surface area (Å²) in [6.45, 7) is 7.07. The number of piperazine rings is 1. The van der Waals surface area contributed by atoms with Crippen LogP contribution in [0.2, 0.25) is 0 Å². The van der Waals surface area contributed by atoms with Crippen LogP contribution in [0.3, 0.4) is 0 Å². The van der Waals surface area contributed by atoms with Gasteiger partial charge in [-0.1, -0.05) is 6.92 Å². The van der Waals surface area contributed by atoms with E-state index >= 15 is 0 Å². The van der Waals surface area contributed by atoms with Crippen LogP contribution < -0.4 is 0 Å². The Morgan fingerprint density at radius 2 is 2.12 bits per heavy atom. The van der Waals surface area contributed by atoms with E-state index in [2.05, 4.69) is 16.8 Å². The molecule has 2 rings (SSSR count). The molecule has 94 valence electrons. The first kappa shape index (κ1) is 12.2. The van der Waals surface area contributed by atoms with Crippen molar-refractivity contribution in [1.82, 2.24) is 14.8 Å². The maximum Gasteiger partial charge on any atom is 0.223 e. The first-order chi connectivity index (χ1) is 8.29. The zero-order chi connectivity index (χ0) is 12.1. The van der Waals surface area contributed by atoms with E-state index in [1.807, 2.05) is 23.2 Å². The molecular formula is C13H21N3O. The molecule has 1 amide bonds. The molecule has 0 unspecified atom stereocenters. The molecule has 17 heavy (non-hydrogen) atoms. The fourth-order valence-corrected chi connectivity index (χ4v) is 2.24. The Hall–Kier alpha value is -1.29. The summed E-state index contributed by atoms with van der Waals surface area (Å²) in [7, 11) is 0. The molecule has 1 N–H and O–H groups in total. The average Bonchev–Trinajstić information content (AvgIpc) is 2.89. The van der Waals surface area contributed by atoms with E-state index in [0.29, 0.717) is 6.42 Å². The summed E-state index contributed by atoms with van der Waals surface area (Å²) < 4.78 is 0. The Balaban J connectivity index is 1.73. The van der Waals surface area contributed by atoms with E-state index in [4.69, 9.17) is 0 Å². The monoisotopic (exact) mass is 235 g/mol. The first-order valence-electron chi connectivity index (χ1n) is 6.42. The summed E-state index contributed by atoms with van der Waals surface area (Å²) in [5, 5.41) is 0. The molecular weight excluding hydrogens is 214 g/mol. The molecule has 0 radical (unpaired) electrons. The van der Waals surface area contributed by atoms with Crippen molar-refractivity contribution in [3.63, 3.8) is 0 Å². The molecule has 1 saturated heterocycles. The van der Waals surface area contributed by atoms with Crippen LogP contribution in [0.1, 0.15) is 19.0 Å². The SMILES string of the molecule is CCN1CCN(C(=O)CCc2ccc[nH]2)CC1. The molecule has 0 bridgehead atoms. The van der Waals surface area contributed by atoms with Crippen molar-refractivity contribution in [2.24, 2.45) is 0 Å². The summed E-state index contributed by atoms with van der Waals surface area (Å²) in [4.78, 5) is 19.5. The summed E-state index contributed by atoms with van der Waals surface area (Å²) in [6.07, 6.45) is 3.34. The van der Waals surface area contributed by atoms with Gasteiger partial charge < -0.3 is 14.8 Å². The van der Waals surface area contributed by atoms with Crippen molar-refractivity contribution < 1.29 is 4.79 Å². The Kier molecular flexibility index (Phi) is 4.20. The second kappa shape index (κ2) is 5.87. The lowest BCUT2D eigenvalue weighted by Crippen LogP contribution is -2.48. The summed E-state index contributed by atoms with van der Waals surface area (Å²) in [6, 6.07) is 4.00. The number of nitrogens with one attached hydrogen (secondary N) is 1. The van der Waals surface area contributed by atoms with Crippen molar-refractivity contribution in [1.29, 1.82) is 0 Å². The summed E-state index contributed by atoms with van der Waals surface area (Å²) in [5.74, 6) is 0.287. The number of likely N-dealkylation sites (N-methyl/N-ethyl adjacent to an activating group) is 1. The van der Waals surface area contributed by atoms with Crippen molar-refractivity contribution in [2.45, 2.75) is 19.8 Å². The van der Waals surface area contributed by atoms with Gasteiger partial charge in [0.2, 0.25) is 5.91 Å². The van der Waals surface area contributed by atoms with Crippen LogP contribution >= 0.6 is 0 Å². The number of aryl methyl sites for hydroxylation is 1. The van der Waals surface area contributed by atoms with Gasteiger partial charge in [-0.3, -0.25) is 4.79 Å². The number of carbonyl (C=O) groups excluding carboxylic acids is 1. The number of hydrogen-bond donors (Lipinski definition) is 1. The van der Waals surface area contributed by atoms with Gasteiger partial charge in [0.05, 0.1) is 0 Å². The van der Waals surface area contributed by atoms with Crippen molar-refractivity contribution in [2.75, 3.05) is 32.7 Å². The molecule has 0 saturated carbocycles. The topological polar surface area (TPSA) is 39.3 Å². The fraction of sp³-hybridized carbons (Fsp3) is 0.615. The fourth-order valence-electron chi connectivity index (χ4n) is 2.24. The molecule has 1 fully saturated rings. The third kappa shape index (κ3) is 3.33. The van der Waals surface area contributed by atoms with E-state index in [0.717, 1.165) is 44.8 Å². The quantitative estimate of drug-likeness (QED) is 0.849. The molecule has 0 atom stereocenters. The van der Waals surface area contributed by atoms with Gasteiger partial charge in [0, 0.05) is 44.5 Å². The van der Waals surface area contributed by atoms with Crippen LogP contribution in [0, 0.1) is 0 Å². The molecule has 0 spiro atoms. The Morgan fingerprint density at radius 3 is 2.71 bits per heavy atom. The number of H-pyrrole nitrogens is 1. The van der Waals surface area contributed by atoms with Crippen LogP contribution in [0.25, 0.3) is 0 Å². The minimum Gasteiger partial charge on any atom is -0.365 e. The van der Waals surface area contributed by atoms with Gasteiger partial charge >= 0.3 is 0 Å². The highest BCUT2D eigenvalue weighted by Crippen LogP contribution is 2.06. The number of nitrogens with zero attached hydrogens (tertiary/aromatic N) is 2. The molecule has 1 aliphatic rings. The molecule has 4 heteroatoms. The number of hydrogen-bond acceptors (Lipinski definition) is 2. The van der Waals surface area contributed by atoms with Gasteiger partial charge in [-0.15, -0.1) is 0 Å². The highest BCUT2D eigenvalue weighted by atomic mass is 16.2. The van der Waals surface area contributed by atoms with E-state index in [1.165, 1.54) is 0 Å². The van der Waals surface area contributed by atoms with Gasteiger partial charge in [-0.2, -0.15) is 0 Å². The van der Waals surface area contributed by atoms with Crippen molar-refractivity contribution in [3.8, 4) is 0 Å². The van der Waals surface area contributed by atoms with Crippen LogP contribution in [-0.4, -0.2) is 53.4 Å². The second-order valence-corrected chi connectivity index (χ2v) is 4.51. The number of aromatic amines is 1. The first-order valence-corrected chi connectivity index (χ1v) is 6.42. The largest absolute Gasteiger partial charge is 0.365 e. The maximum atomic E-state index is 12.0. The predicted molar refractivity (Wildman–Crippen MR) is 67.8 cm³/mol. The molecule has 4 nitrogen and oxygen atoms in total. The van der Waals surface area contributed by atoms with Crippen molar-refractivity contribution in [3.05, 3.63) is 24.0 Å².